The number of carbonyl (C=O) groups excluding carboxylic acids is 1. The van der Waals surface area contributed by atoms with Crippen molar-refractivity contribution >= 4 is 21.4 Å². The van der Waals surface area contributed by atoms with Crippen molar-refractivity contribution in [3.05, 3.63) is 30.2 Å². The first kappa shape index (κ1) is 16.5. The van der Waals surface area contributed by atoms with Gasteiger partial charge in [0, 0.05) is 44.6 Å². The molecule has 2 aromatic rings. The lowest BCUT2D eigenvalue weighted by atomic mass is 10.1. The van der Waals surface area contributed by atoms with Crippen LogP contribution in [0.15, 0.2) is 24.7 Å². The maximum atomic E-state index is 12.8. The number of sulfone groups is 1. The van der Waals surface area contributed by atoms with Gasteiger partial charge >= 0.3 is 0 Å². The van der Waals surface area contributed by atoms with Gasteiger partial charge in [0.1, 0.15) is 15.4 Å². The molecule has 0 aliphatic carbocycles. The summed E-state index contributed by atoms with van der Waals surface area (Å²) in [5.41, 5.74) is 1.10. The van der Waals surface area contributed by atoms with E-state index in [0.29, 0.717) is 43.2 Å². The summed E-state index contributed by atoms with van der Waals surface area (Å²) in [5.74, 6) is 0.523. The van der Waals surface area contributed by atoms with Gasteiger partial charge in [-0.1, -0.05) is 0 Å². The van der Waals surface area contributed by atoms with Gasteiger partial charge in [0.05, 0.1) is 17.7 Å². The second kappa shape index (κ2) is 6.38. The van der Waals surface area contributed by atoms with E-state index in [2.05, 4.69) is 15.0 Å². The number of amides is 1. The fraction of sp³-hybridized carbons (Fsp3) is 0.562. The highest BCUT2D eigenvalue weighted by atomic mass is 32.2. The lowest BCUT2D eigenvalue weighted by Crippen LogP contribution is -2.53. The molecule has 2 fully saturated rings. The van der Waals surface area contributed by atoms with Gasteiger partial charge in [0.2, 0.25) is 0 Å². The van der Waals surface area contributed by atoms with Gasteiger partial charge in [-0.2, -0.15) is 5.10 Å². The molecule has 0 saturated carbocycles. The Bertz CT molecular complexity index is 872. The van der Waals surface area contributed by atoms with Crippen LogP contribution in [0.25, 0.3) is 5.65 Å². The van der Waals surface area contributed by atoms with Crippen molar-refractivity contribution in [2.45, 2.75) is 18.9 Å². The molecular weight excluding hydrogens is 342 g/mol. The van der Waals surface area contributed by atoms with Gasteiger partial charge in [-0.25, -0.2) is 17.9 Å². The van der Waals surface area contributed by atoms with E-state index in [1.54, 1.807) is 29.2 Å². The third kappa shape index (κ3) is 3.25. The summed E-state index contributed by atoms with van der Waals surface area (Å²) in [7, 11) is -2.84. The topological polar surface area (TPSA) is 87.9 Å². The van der Waals surface area contributed by atoms with E-state index >= 15 is 0 Å². The van der Waals surface area contributed by atoms with Crippen LogP contribution in [0.1, 0.15) is 23.2 Å². The van der Waals surface area contributed by atoms with E-state index in [1.165, 1.54) is 0 Å². The largest absolute Gasteiger partial charge is 0.336 e. The standard InChI is InChI=1S/C16H21N5O3S/c22-16(14-12-18-21-5-1-4-17-15(14)21)20-8-6-19(7-9-20)13-2-10-25(23,24)11-3-13/h1,4-5,12-13H,2-3,6-11H2. The zero-order valence-electron chi connectivity index (χ0n) is 13.9. The number of aromatic nitrogens is 3. The van der Waals surface area contributed by atoms with Gasteiger partial charge in [-0.3, -0.25) is 9.69 Å². The zero-order valence-corrected chi connectivity index (χ0v) is 14.7. The Morgan fingerprint density at radius 1 is 1.12 bits per heavy atom. The first-order valence-corrected chi connectivity index (χ1v) is 10.4. The average molecular weight is 363 g/mol. The molecule has 0 spiro atoms. The van der Waals surface area contributed by atoms with Crippen molar-refractivity contribution in [1.82, 2.24) is 24.4 Å². The Hall–Kier alpha value is -2.00. The number of hydrogen-bond donors (Lipinski definition) is 0. The minimum absolute atomic E-state index is 0.0421. The second-order valence-electron chi connectivity index (χ2n) is 6.66. The van der Waals surface area contributed by atoms with E-state index < -0.39 is 9.84 Å². The van der Waals surface area contributed by atoms with E-state index in [4.69, 9.17) is 0 Å². The predicted molar refractivity (Wildman–Crippen MR) is 92.1 cm³/mol. The Morgan fingerprint density at radius 2 is 1.84 bits per heavy atom. The highest BCUT2D eigenvalue weighted by Gasteiger charge is 2.31. The monoisotopic (exact) mass is 363 g/mol. The molecule has 2 aliphatic heterocycles. The third-order valence-electron chi connectivity index (χ3n) is 5.15. The van der Waals surface area contributed by atoms with Crippen LogP contribution in [-0.4, -0.2) is 82.4 Å². The molecule has 8 nitrogen and oxygen atoms in total. The molecule has 2 saturated heterocycles. The third-order valence-corrected chi connectivity index (χ3v) is 6.87. The van der Waals surface area contributed by atoms with Crippen molar-refractivity contribution in [3.63, 3.8) is 0 Å². The molecule has 2 aromatic heterocycles. The second-order valence-corrected chi connectivity index (χ2v) is 8.96. The number of hydrogen-bond acceptors (Lipinski definition) is 6. The predicted octanol–water partition coefficient (Wildman–Crippen LogP) is 0.0643. The molecule has 9 heteroatoms. The lowest BCUT2D eigenvalue weighted by molar-refractivity contribution is 0.0559. The van der Waals surface area contributed by atoms with E-state index in [1.807, 2.05) is 4.90 Å². The molecule has 4 rings (SSSR count). The molecule has 0 radical (unpaired) electrons. The Morgan fingerprint density at radius 3 is 2.56 bits per heavy atom. The Labute approximate surface area is 146 Å². The van der Waals surface area contributed by atoms with Crippen LogP contribution in [0.5, 0.6) is 0 Å². The summed E-state index contributed by atoms with van der Waals surface area (Å²) in [6.45, 7) is 2.85. The number of rotatable bonds is 2. The smallest absolute Gasteiger partial charge is 0.259 e. The number of carbonyl (C=O) groups is 1. The number of fused-ring (bicyclic) bond motifs is 1. The summed E-state index contributed by atoms with van der Waals surface area (Å²) in [4.78, 5) is 21.2. The molecule has 4 heterocycles. The van der Waals surface area contributed by atoms with Crippen molar-refractivity contribution < 1.29 is 13.2 Å². The number of piperazine rings is 1. The van der Waals surface area contributed by atoms with Gasteiger partial charge in [-0.05, 0) is 18.9 Å². The summed E-state index contributed by atoms with van der Waals surface area (Å²) in [6.07, 6.45) is 6.41. The maximum Gasteiger partial charge on any atom is 0.259 e. The molecule has 134 valence electrons. The Balaban J connectivity index is 1.39. The molecule has 0 unspecified atom stereocenters. The molecule has 1 amide bonds. The zero-order chi connectivity index (χ0) is 17.4. The van der Waals surface area contributed by atoms with Crippen LogP contribution < -0.4 is 0 Å². The minimum atomic E-state index is -2.84. The quantitative estimate of drug-likeness (QED) is 0.750. The molecular formula is C16H21N5O3S. The van der Waals surface area contributed by atoms with Crippen LogP contribution in [-0.2, 0) is 9.84 Å². The summed E-state index contributed by atoms with van der Waals surface area (Å²) in [5, 5.41) is 4.18. The van der Waals surface area contributed by atoms with Gasteiger partial charge in [-0.15, -0.1) is 0 Å². The maximum absolute atomic E-state index is 12.8. The Kier molecular flexibility index (Phi) is 4.20. The lowest BCUT2D eigenvalue weighted by Gasteiger charge is -2.40. The van der Waals surface area contributed by atoms with Gasteiger partial charge < -0.3 is 4.90 Å². The fourth-order valence-electron chi connectivity index (χ4n) is 3.68. The molecule has 0 N–H and O–H groups in total. The van der Waals surface area contributed by atoms with Crippen molar-refractivity contribution in [1.29, 1.82) is 0 Å². The summed E-state index contributed by atoms with van der Waals surface area (Å²) >= 11 is 0. The van der Waals surface area contributed by atoms with Crippen LogP contribution >= 0.6 is 0 Å². The molecule has 0 atom stereocenters. The fourth-order valence-corrected chi connectivity index (χ4v) is 5.15. The van der Waals surface area contributed by atoms with Crippen LogP contribution in [0, 0.1) is 0 Å². The molecule has 0 aromatic carbocycles. The van der Waals surface area contributed by atoms with E-state index in [9.17, 15) is 13.2 Å². The minimum Gasteiger partial charge on any atom is -0.336 e. The molecule has 2 aliphatic rings. The van der Waals surface area contributed by atoms with E-state index in [-0.39, 0.29) is 17.4 Å². The highest BCUT2D eigenvalue weighted by Crippen LogP contribution is 2.20. The van der Waals surface area contributed by atoms with Crippen LogP contribution in [0.2, 0.25) is 0 Å². The van der Waals surface area contributed by atoms with Crippen molar-refractivity contribution in [2.24, 2.45) is 0 Å². The first-order valence-electron chi connectivity index (χ1n) is 8.56. The normalized spacial score (nSPS) is 22.3. The van der Waals surface area contributed by atoms with Crippen LogP contribution in [0.4, 0.5) is 0 Å². The van der Waals surface area contributed by atoms with Crippen molar-refractivity contribution in [3.8, 4) is 0 Å². The average Bonchev–Trinajstić information content (AvgIpc) is 3.05. The van der Waals surface area contributed by atoms with Crippen LogP contribution in [0.3, 0.4) is 0 Å². The SMILES string of the molecule is O=C(c1cnn2cccnc12)N1CCN(C2CCS(=O)(=O)CC2)CC1. The van der Waals surface area contributed by atoms with E-state index in [0.717, 1.165) is 13.1 Å². The molecule has 0 bridgehead atoms. The highest BCUT2D eigenvalue weighted by molar-refractivity contribution is 7.91. The van der Waals surface area contributed by atoms with Gasteiger partial charge in [0.25, 0.3) is 5.91 Å². The number of nitrogens with zero attached hydrogens (tertiary/aromatic N) is 5. The first-order chi connectivity index (χ1) is 12.0. The summed E-state index contributed by atoms with van der Waals surface area (Å²) < 4.78 is 24.8. The molecule has 25 heavy (non-hydrogen) atoms. The van der Waals surface area contributed by atoms with Crippen molar-refractivity contribution in [2.75, 3.05) is 37.7 Å². The van der Waals surface area contributed by atoms with Gasteiger partial charge in [0.15, 0.2) is 5.65 Å². The summed E-state index contributed by atoms with van der Waals surface area (Å²) in [6, 6.07) is 2.09.